The second-order valence-corrected chi connectivity index (χ2v) is 9.88. The number of pyridine rings is 1. The maximum absolute atomic E-state index is 11.7. The van der Waals surface area contributed by atoms with Gasteiger partial charge in [-0.1, -0.05) is 23.9 Å². The van der Waals surface area contributed by atoms with Crippen molar-refractivity contribution >= 4 is 34.7 Å². The number of carboxylic acids is 1. The summed E-state index contributed by atoms with van der Waals surface area (Å²) in [6.07, 6.45) is -6.70. The molecule has 2 amide bonds. The molecule has 4 rings (SSSR count). The molecule has 0 unspecified atom stereocenters. The van der Waals surface area contributed by atoms with Crippen LogP contribution < -0.4 is 19.7 Å². The summed E-state index contributed by atoms with van der Waals surface area (Å²) in [5, 5.41) is 40.4. The van der Waals surface area contributed by atoms with Gasteiger partial charge in [0.25, 0.3) is 5.24 Å². The summed E-state index contributed by atoms with van der Waals surface area (Å²) in [5.74, 6) is -0.381. The minimum atomic E-state index is -1.80. The van der Waals surface area contributed by atoms with E-state index in [1.165, 1.54) is 12.3 Å². The number of aromatic nitrogens is 1. The van der Waals surface area contributed by atoms with E-state index in [2.05, 4.69) is 10.3 Å². The molecule has 14 heteroatoms. The molecule has 0 aliphatic carbocycles. The normalized spacial score (nSPS) is 27.1. The van der Waals surface area contributed by atoms with E-state index in [1.807, 2.05) is 24.1 Å². The standard InChI is InChI=1S/C24H27N3O10S/c1-27(8-9-35-13-4-2-12(3-5-13)10-15-21(31)26-24(34)38-15)16-7-6-14(11-25-16)36-23-19(30)17(28)18(29)20(37-23)22(32)33/h2-7,11,15,17-20,23,28-30H,8-10H2,1H3,(H,32,33)(H,26,31,34)/t15-,17-,18-,19+,20-,23+/m0/s1. The number of anilines is 1. The van der Waals surface area contributed by atoms with Crippen LogP contribution in [-0.4, -0.2) is 98.7 Å². The maximum Gasteiger partial charge on any atom is 0.335 e. The van der Waals surface area contributed by atoms with E-state index in [4.69, 9.17) is 19.3 Å². The molecule has 2 aromatic rings. The molecular weight excluding hydrogens is 522 g/mol. The fourth-order valence-corrected chi connectivity index (χ4v) is 4.69. The van der Waals surface area contributed by atoms with Gasteiger partial charge in [-0.05, 0) is 36.2 Å². The van der Waals surface area contributed by atoms with Gasteiger partial charge in [-0.3, -0.25) is 14.9 Å². The largest absolute Gasteiger partial charge is 0.492 e. The molecule has 2 aliphatic rings. The number of thioether (sulfide) groups is 1. The molecule has 204 valence electrons. The van der Waals surface area contributed by atoms with Crippen LogP contribution in [0, 0.1) is 0 Å². The minimum Gasteiger partial charge on any atom is -0.492 e. The van der Waals surface area contributed by atoms with E-state index in [0.717, 1.165) is 17.3 Å². The molecule has 1 aromatic heterocycles. The number of amides is 2. The smallest absolute Gasteiger partial charge is 0.335 e. The van der Waals surface area contributed by atoms with Crippen LogP contribution in [-0.2, 0) is 20.7 Å². The predicted octanol–water partition coefficient (Wildman–Crippen LogP) is -0.238. The first-order valence-electron chi connectivity index (χ1n) is 11.6. The lowest BCUT2D eigenvalue weighted by atomic mass is 9.99. The van der Waals surface area contributed by atoms with Crippen LogP contribution in [0.1, 0.15) is 5.56 Å². The Bertz CT molecular complexity index is 1150. The molecule has 2 saturated heterocycles. The van der Waals surface area contributed by atoms with E-state index < -0.39 is 41.9 Å². The molecule has 2 aliphatic heterocycles. The van der Waals surface area contributed by atoms with Crippen molar-refractivity contribution in [3.8, 4) is 11.5 Å². The number of nitrogens with one attached hydrogen (secondary N) is 1. The number of carbonyl (C=O) groups is 3. The highest BCUT2D eigenvalue weighted by molar-refractivity contribution is 8.15. The molecular formula is C24H27N3O10S. The van der Waals surface area contributed by atoms with Crippen molar-refractivity contribution < 1.29 is 49.0 Å². The van der Waals surface area contributed by atoms with Crippen molar-refractivity contribution in [3.05, 3.63) is 48.2 Å². The third-order valence-corrected chi connectivity index (χ3v) is 6.97. The first-order chi connectivity index (χ1) is 18.1. The number of aliphatic hydroxyl groups excluding tert-OH is 3. The summed E-state index contributed by atoms with van der Waals surface area (Å²) in [7, 11) is 1.81. The molecule has 13 nitrogen and oxygen atoms in total. The number of imide groups is 1. The highest BCUT2D eigenvalue weighted by Gasteiger charge is 2.48. The topological polar surface area (TPSA) is 188 Å². The van der Waals surface area contributed by atoms with Crippen LogP contribution in [0.2, 0.25) is 0 Å². The second-order valence-electron chi connectivity index (χ2n) is 8.71. The van der Waals surface area contributed by atoms with Crippen LogP contribution in [0.3, 0.4) is 0 Å². The summed E-state index contributed by atoms with van der Waals surface area (Å²) in [6, 6.07) is 10.5. The van der Waals surface area contributed by atoms with Crippen molar-refractivity contribution in [3.63, 3.8) is 0 Å². The highest BCUT2D eigenvalue weighted by atomic mass is 32.2. The quantitative estimate of drug-likeness (QED) is 0.261. The highest BCUT2D eigenvalue weighted by Crippen LogP contribution is 2.26. The number of aliphatic carboxylic acids is 1. The maximum atomic E-state index is 11.7. The summed E-state index contributed by atoms with van der Waals surface area (Å²) in [5.41, 5.74) is 0.915. The molecule has 0 saturated carbocycles. The molecule has 3 heterocycles. The monoisotopic (exact) mass is 549 g/mol. The molecule has 1 aromatic carbocycles. The number of carboxylic acid groups (broad SMARTS) is 1. The molecule has 6 atom stereocenters. The van der Waals surface area contributed by atoms with E-state index in [9.17, 15) is 29.7 Å². The first kappa shape index (κ1) is 27.6. The molecule has 2 fully saturated rings. The number of ether oxygens (including phenoxy) is 3. The first-order valence-corrected chi connectivity index (χ1v) is 12.5. The number of nitrogens with zero attached hydrogens (tertiary/aromatic N) is 2. The zero-order valence-corrected chi connectivity index (χ0v) is 21.0. The summed E-state index contributed by atoms with van der Waals surface area (Å²) in [6.45, 7) is 0.842. The van der Waals surface area contributed by atoms with E-state index in [0.29, 0.717) is 31.1 Å². The van der Waals surface area contributed by atoms with Crippen molar-refractivity contribution in [2.75, 3.05) is 25.1 Å². The van der Waals surface area contributed by atoms with Gasteiger partial charge in [-0.25, -0.2) is 9.78 Å². The van der Waals surface area contributed by atoms with Crippen LogP contribution in [0.15, 0.2) is 42.6 Å². The Hall–Kier alpha value is -3.43. The average molecular weight is 550 g/mol. The molecule has 0 radical (unpaired) electrons. The van der Waals surface area contributed by atoms with E-state index >= 15 is 0 Å². The Kier molecular flexibility index (Phi) is 8.69. The predicted molar refractivity (Wildman–Crippen MR) is 133 cm³/mol. The third kappa shape index (κ3) is 6.52. The van der Waals surface area contributed by atoms with Gasteiger partial charge in [0.05, 0.1) is 18.0 Å². The Morgan fingerprint density at radius 1 is 1.08 bits per heavy atom. The summed E-state index contributed by atoms with van der Waals surface area (Å²) >= 11 is 0.990. The Morgan fingerprint density at radius 3 is 2.39 bits per heavy atom. The molecule has 38 heavy (non-hydrogen) atoms. The van der Waals surface area contributed by atoms with Gasteiger partial charge in [0, 0.05) is 7.05 Å². The number of likely N-dealkylation sites (N-methyl/N-ethyl adjacent to an activating group) is 1. The van der Waals surface area contributed by atoms with Gasteiger partial charge in [0.15, 0.2) is 6.10 Å². The van der Waals surface area contributed by atoms with Crippen molar-refractivity contribution in [2.45, 2.75) is 42.4 Å². The fraction of sp³-hybridized carbons (Fsp3) is 0.417. The fourth-order valence-electron chi connectivity index (χ4n) is 3.83. The van der Waals surface area contributed by atoms with Crippen LogP contribution >= 0.6 is 11.8 Å². The van der Waals surface area contributed by atoms with E-state index in [-0.39, 0.29) is 16.9 Å². The van der Waals surface area contributed by atoms with E-state index in [1.54, 1.807) is 18.2 Å². The number of hydrogen-bond donors (Lipinski definition) is 5. The van der Waals surface area contributed by atoms with Crippen LogP contribution in [0.4, 0.5) is 10.6 Å². The lowest BCUT2D eigenvalue weighted by molar-refractivity contribution is -0.271. The summed E-state index contributed by atoms with van der Waals surface area (Å²) < 4.78 is 16.3. The second kappa shape index (κ2) is 12.0. The Balaban J connectivity index is 1.24. The van der Waals surface area contributed by atoms with Gasteiger partial charge in [-0.2, -0.15) is 0 Å². The van der Waals surface area contributed by atoms with Crippen LogP contribution in [0.5, 0.6) is 11.5 Å². The lowest BCUT2D eigenvalue weighted by Crippen LogP contribution is -2.61. The Labute approximate surface area is 221 Å². The minimum absolute atomic E-state index is 0.160. The zero-order valence-electron chi connectivity index (χ0n) is 20.2. The molecule has 0 spiro atoms. The zero-order chi connectivity index (χ0) is 27.4. The number of carbonyl (C=O) groups excluding carboxylic acids is 2. The van der Waals surface area contributed by atoms with Crippen molar-refractivity contribution in [1.29, 1.82) is 0 Å². The van der Waals surface area contributed by atoms with Crippen molar-refractivity contribution in [2.24, 2.45) is 0 Å². The van der Waals surface area contributed by atoms with Gasteiger partial charge < -0.3 is 39.5 Å². The molecule has 5 N–H and O–H groups in total. The third-order valence-electron chi connectivity index (χ3n) is 5.98. The Morgan fingerprint density at radius 2 is 1.79 bits per heavy atom. The van der Waals surface area contributed by atoms with Crippen molar-refractivity contribution in [1.82, 2.24) is 10.3 Å². The SMILES string of the molecule is CN(CCOc1ccc(C[C@@H]2SC(=O)NC2=O)cc1)c1ccc(O[C@@H]2O[C@H](C(=O)O)[C@@H](O)[C@H](O)[C@H]2O)cn1. The van der Waals surface area contributed by atoms with Crippen LogP contribution in [0.25, 0.3) is 0 Å². The lowest BCUT2D eigenvalue weighted by Gasteiger charge is -2.38. The van der Waals surface area contributed by atoms with Gasteiger partial charge in [0.1, 0.15) is 42.2 Å². The number of hydrogen-bond acceptors (Lipinski definition) is 12. The summed E-state index contributed by atoms with van der Waals surface area (Å²) in [4.78, 5) is 40.3. The van der Waals surface area contributed by atoms with Gasteiger partial charge in [-0.15, -0.1) is 0 Å². The number of rotatable bonds is 10. The number of benzene rings is 1. The van der Waals surface area contributed by atoms with Gasteiger partial charge in [0.2, 0.25) is 12.2 Å². The molecule has 0 bridgehead atoms. The number of aliphatic hydroxyl groups is 3. The van der Waals surface area contributed by atoms with Gasteiger partial charge >= 0.3 is 5.97 Å². The average Bonchev–Trinajstić information content (AvgIpc) is 3.21.